The molecule has 1 atom stereocenters. The zero-order valence-electron chi connectivity index (χ0n) is 11.8. The number of halogens is 1. The first-order valence-corrected chi connectivity index (χ1v) is 7.83. The van der Waals surface area contributed by atoms with E-state index in [4.69, 9.17) is 10.2 Å². The molecule has 0 bridgehead atoms. The van der Waals surface area contributed by atoms with Crippen molar-refractivity contribution in [3.63, 3.8) is 0 Å². The van der Waals surface area contributed by atoms with E-state index in [1.807, 2.05) is 6.07 Å². The maximum absolute atomic E-state index is 5.96. The van der Waals surface area contributed by atoms with Gasteiger partial charge in [0.2, 0.25) is 0 Å². The van der Waals surface area contributed by atoms with Crippen LogP contribution in [0.3, 0.4) is 0 Å². The third-order valence-electron chi connectivity index (χ3n) is 4.24. The first-order chi connectivity index (χ1) is 9.17. The maximum Gasteiger partial charge on any atom is 0.136 e. The van der Waals surface area contributed by atoms with Gasteiger partial charge in [0, 0.05) is 12.6 Å². The van der Waals surface area contributed by atoms with Gasteiger partial charge in [-0.05, 0) is 61.5 Å². The molecular weight excluding hydrogens is 306 g/mol. The van der Waals surface area contributed by atoms with Crippen molar-refractivity contribution >= 4 is 15.9 Å². The summed E-state index contributed by atoms with van der Waals surface area (Å²) >= 11 is 3.54. The zero-order chi connectivity index (χ0) is 13.8. The van der Waals surface area contributed by atoms with Crippen molar-refractivity contribution in [1.82, 2.24) is 9.80 Å². The molecule has 0 saturated carbocycles. The van der Waals surface area contributed by atoms with Gasteiger partial charge in [0.05, 0.1) is 16.8 Å². The van der Waals surface area contributed by atoms with E-state index in [9.17, 15) is 0 Å². The summed E-state index contributed by atoms with van der Waals surface area (Å²) in [5, 5.41) is 0. The first kappa shape index (κ1) is 15.0. The van der Waals surface area contributed by atoms with E-state index in [2.05, 4.69) is 39.7 Å². The Hall–Kier alpha value is -0.360. The summed E-state index contributed by atoms with van der Waals surface area (Å²) in [5.74, 6) is 0.947. The van der Waals surface area contributed by atoms with Crippen LogP contribution >= 0.6 is 15.9 Å². The summed E-state index contributed by atoms with van der Waals surface area (Å²) in [7, 11) is 2.17. The molecule has 1 aliphatic rings. The predicted octanol–water partition coefficient (Wildman–Crippen LogP) is 2.46. The lowest BCUT2D eigenvalue weighted by Crippen LogP contribution is -2.45. The van der Waals surface area contributed by atoms with Crippen LogP contribution < -0.4 is 5.73 Å². The lowest BCUT2D eigenvalue weighted by Gasteiger charge is -2.39. The number of likely N-dealkylation sites (N-methyl/N-ethyl adjacent to an activating group) is 1. The van der Waals surface area contributed by atoms with Gasteiger partial charge >= 0.3 is 0 Å². The van der Waals surface area contributed by atoms with Crippen molar-refractivity contribution in [2.75, 3.05) is 33.2 Å². The fourth-order valence-corrected chi connectivity index (χ4v) is 3.36. The van der Waals surface area contributed by atoms with Gasteiger partial charge in [-0.25, -0.2) is 0 Å². The van der Waals surface area contributed by atoms with Crippen LogP contribution in [0, 0.1) is 0 Å². The summed E-state index contributed by atoms with van der Waals surface area (Å²) < 4.78 is 6.61. The molecule has 4 nitrogen and oxygen atoms in total. The molecule has 108 valence electrons. The van der Waals surface area contributed by atoms with Crippen LogP contribution in [0.15, 0.2) is 21.2 Å². The van der Waals surface area contributed by atoms with E-state index in [-0.39, 0.29) is 6.04 Å². The van der Waals surface area contributed by atoms with Crippen molar-refractivity contribution < 1.29 is 4.42 Å². The summed E-state index contributed by atoms with van der Waals surface area (Å²) in [6.45, 7) is 6.33. The number of piperidine rings is 1. The molecule has 1 aromatic heterocycles. The fourth-order valence-electron chi connectivity index (χ4n) is 2.90. The Morgan fingerprint density at radius 3 is 2.68 bits per heavy atom. The van der Waals surface area contributed by atoms with E-state index in [1.54, 1.807) is 6.26 Å². The zero-order valence-corrected chi connectivity index (χ0v) is 13.4. The minimum Gasteiger partial charge on any atom is -0.466 e. The van der Waals surface area contributed by atoms with Gasteiger partial charge < -0.3 is 15.1 Å². The average molecular weight is 330 g/mol. The second-order valence-corrected chi connectivity index (χ2v) is 6.07. The quantitative estimate of drug-likeness (QED) is 0.901. The van der Waals surface area contributed by atoms with Crippen molar-refractivity contribution in [1.29, 1.82) is 0 Å². The van der Waals surface area contributed by atoms with Gasteiger partial charge in [-0.2, -0.15) is 0 Å². The highest BCUT2D eigenvalue weighted by Crippen LogP contribution is 2.30. The molecule has 0 spiro atoms. The highest BCUT2D eigenvalue weighted by molar-refractivity contribution is 9.10. The Morgan fingerprint density at radius 2 is 2.21 bits per heavy atom. The van der Waals surface area contributed by atoms with Crippen LogP contribution in [0.5, 0.6) is 0 Å². The number of furan rings is 1. The van der Waals surface area contributed by atoms with Crippen molar-refractivity contribution in [2.24, 2.45) is 5.73 Å². The summed E-state index contributed by atoms with van der Waals surface area (Å²) in [6.07, 6.45) is 4.13. The standard InChI is InChI=1S/C14H24BrN3O/c1-3-18-7-4-11(5-8-18)17(2)13(10-16)14-12(15)6-9-19-14/h6,9,11,13H,3-5,7-8,10,16H2,1-2H3. The molecule has 1 unspecified atom stereocenters. The average Bonchev–Trinajstić information content (AvgIpc) is 2.86. The molecule has 1 saturated heterocycles. The maximum atomic E-state index is 5.96. The van der Waals surface area contributed by atoms with Crippen molar-refractivity contribution in [3.8, 4) is 0 Å². The SMILES string of the molecule is CCN1CCC(N(C)C(CN)c2occc2Br)CC1. The number of nitrogens with zero attached hydrogens (tertiary/aromatic N) is 2. The predicted molar refractivity (Wildman–Crippen MR) is 81.1 cm³/mol. The third-order valence-corrected chi connectivity index (χ3v) is 4.90. The largest absolute Gasteiger partial charge is 0.466 e. The smallest absolute Gasteiger partial charge is 0.136 e. The molecule has 0 aromatic carbocycles. The van der Waals surface area contributed by atoms with Crippen LogP contribution in [0.25, 0.3) is 0 Å². The van der Waals surface area contributed by atoms with Gasteiger partial charge in [0.1, 0.15) is 5.76 Å². The normalized spacial score (nSPS) is 20.1. The van der Waals surface area contributed by atoms with Gasteiger partial charge in [-0.15, -0.1) is 0 Å². The topological polar surface area (TPSA) is 45.6 Å². The van der Waals surface area contributed by atoms with Gasteiger partial charge in [0.25, 0.3) is 0 Å². The third kappa shape index (κ3) is 3.40. The molecule has 0 amide bonds. The summed E-state index contributed by atoms with van der Waals surface area (Å²) in [6, 6.07) is 2.68. The van der Waals surface area contributed by atoms with Crippen molar-refractivity contribution in [2.45, 2.75) is 31.8 Å². The van der Waals surface area contributed by atoms with Crippen LogP contribution in [0.4, 0.5) is 0 Å². The van der Waals surface area contributed by atoms with Gasteiger partial charge in [0.15, 0.2) is 0 Å². The summed E-state index contributed by atoms with van der Waals surface area (Å²) in [5.41, 5.74) is 5.96. The number of rotatable bonds is 5. The fraction of sp³-hybridized carbons (Fsp3) is 0.714. The van der Waals surface area contributed by atoms with Crippen LogP contribution in [-0.2, 0) is 0 Å². The van der Waals surface area contributed by atoms with E-state index in [0.717, 1.165) is 16.8 Å². The molecule has 0 radical (unpaired) electrons. The molecule has 1 aromatic rings. The first-order valence-electron chi connectivity index (χ1n) is 7.04. The van der Waals surface area contributed by atoms with Gasteiger partial charge in [-0.3, -0.25) is 4.90 Å². The molecule has 19 heavy (non-hydrogen) atoms. The Balaban J connectivity index is 2.02. The molecule has 1 fully saturated rings. The lowest BCUT2D eigenvalue weighted by molar-refractivity contribution is 0.0918. The Morgan fingerprint density at radius 1 is 1.53 bits per heavy atom. The van der Waals surface area contributed by atoms with Crippen LogP contribution in [0.1, 0.15) is 31.6 Å². The highest BCUT2D eigenvalue weighted by Gasteiger charge is 2.29. The number of nitrogens with two attached hydrogens (primary N) is 1. The Bertz CT molecular complexity index is 388. The lowest BCUT2D eigenvalue weighted by atomic mass is 10.0. The molecular formula is C14H24BrN3O. The van der Waals surface area contributed by atoms with E-state index >= 15 is 0 Å². The van der Waals surface area contributed by atoms with Gasteiger partial charge in [-0.1, -0.05) is 6.92 Å². The van der Waals surface area contributed by atoms with Crippen LogP contribution in [0.2, 0.25) is 0 Å². The minimum atomic E-state index is 0.155. The van der Waals surface area contributed by atoms with E-state index in [1.165, 1.54) is 25.9 Å². The van der Waals surface area contributed by atoms with Crippen LogP contribution in [-0.4, -0.2) is 49.1 Å². The molecule has 2 rings (SSSR count). The highest BCUT2D eigenvalue weighted by atomic mass is 79.9. The molecule has 0 aliphatic carbocycles. The monoisotopic (exact) mass is 329 g/mol. The van der Waals surface area contributed by atoms with E-state index in [0.29, 0.717) is 12.6 Å². The van der Waals surface area contributed by atoms with E-state index < -0.39 is 0 Å². The van der Waals surface area contributed by atoms with Crippen molar-refractivity contribution in [3.05, 3.63) is 22.6 Å². The Labute approximate surface area is 124 Å². The molecule has 2 heterocycles. The minimum absolute atomic E-state index is 0.155. The molecule has 2 N–H and O–H groups in total. The number of likely N-dealkylation sites (tertiary alicyclic amines) is 1. The number of hydrogen-bond donors (Lipinski definition) is 1. The number of hydrogen-bond acceptors (Lipinski definition) is 4. The molecule has 1 aliphatic heterocycles. The second kappa shape index (κ2) is 6.88. The molecule has 5 heteroatoms. The second-order valence-electron chi connectivity index (χ2n) is 5.22. The summed E-state index contributed by atoms with van der Waals surface area (Å²) in [4.78, 5) is 4.89. The Kier molecular flexibility index (Phi) is 5.45.